The second-order valence-electron chi connectivity index (χ2n) is 3.74. The number of anilines is 1. The van der Waals surface area contributed by atoms with Gasteiger partial charge in [0.1, 0.15) is 5.15 Å². The third kappa shape index (κ3) is 3.71. The number of aryl methyl sites for hydroxylation is 1. The first kappa shape index (κ1) is 16.0. The van der Waals surface area contributed by atoms with E-state index in [1.54, 1.807) is 6.92 Å². The van der Waals surface area contributed by atoms with Gasteiger partial charge in [-0.25, -0.2) is 13.4 Å². The molecule has 0 saturated carbocycles. The number of nitrogens with one attached hydrogen (secondary N) is 1. The summed E-state index contributed by atoms with van der Waals surface area (Å²) in [6.07, 6.45) is 0. The van der Waals surface area contributed by atoms with Gasteiger partial charge in [0, 0.05) is 0 Å². The fourth-order valence-corrected chi connectivity index (χ4v) is 2.94. The van der Waals surface area contributed by atoms with Crippen molar-refractivity contribution in [1.82, 2.24) is 4.98 Å². The molecule has 1 N–H and O–H groups in total. The van der Waals surface area contributed by atoms with Crippen LogP contribution in [-0.4, -0.2) is 31.7 Å². The number of ether oxygens (including phenoxy) is 1. The lowest BCUT2D eigenvalue weighted by atomic mass is 10.3. The quantitative estimate of drug-likeness (QED) is 0.675. The monoisotopic (exact) mass is 326 g/mol. The Morgan fingerprint density at radius 2 is 2.05 bits per heavy atom. The predicted octanol–water partition coefficient (Wildman–Crippen LogP) is 2.00. The number of carbonyl (C=O) groups excluding carboxylic acids is 1. The van der Waals surface area contributed by atoms with Crippen molar-refractivity contribution in [3.05, 3.63) is 21.9 Å². The summed E-state index contributed by atoms with van der Waals surface area (Å²) in [5.41, 5.74) is 0.576. The standard InChI is InChI=1S/C10H12Cl2N2O4S/c1-5-4-7(11)13-9(12)8(5)14-19(16,17)6(2)10(15)18-3/h4,6,14H,1-3H3. The maximum absolute atomic E-state index is 12.0. The van der Waals surface area contributed by atoms with Crippen molar-refractivity contribution in [1.29, 1.82) is 0 Å². The number of carbonyl (C=O) groups is 1. The fourth-order valence-electron chi connectivity index (χ4n) is 1.24. The molecule has 0 aliphatic rings. The van der Waals surface area contributed by atoms with Gasteiger partial charge in [0.2, 0.25) is 10.0 Å². The Morgan fingerprint density at radius 3 is 2.53 bits per heavy atom. The number of hydrogen-bond acceptors (Lipinski definition) is 5. The van der Waals surface area contributed by atoms with E-state index < -0.39 is 21.2 Å². The zero-order valence-electron chi connectivity index (χ0n) is 10.4. The molecule has 1 atom stereocenters. The molecule has 6 nitrogen and oxygen atoms in total. The molecule has 0 saturated heterocycles. The highest BCUT2D eigenvalue weighted by Gasteiger charge is 2.30. The number of rotatable bonds is 4. The summed E-state index contributed by atoms with van der Waals surface area (Å²) in [7, 11) is -2.87. The predicted molar refractivity (Wildman–Crippen MR) is 73.0 cm³/mol. The number of methoxy groups -OCH3 is 1. The molecular formula is C10H12Cl2N2O4S. The first-order valence-electron chi connectivity index (χ1n) is 5.11. The molecule has 106 valence electrons. The Hall–Kier alpha value is -1.05. The molecular weight excluding hydrogens is 315 g/mol. The maximum atomic E-state index is 12.0. The van der Waals surface area contributed by atoms with E-state index in [-0.39, 0.29) is 16.0 Å². The minimum Gasteiger partial charge on any atom is -0.468 e. The van der Waals surface area contributed by atoms with Gasteiger partial charge in [-0.2, -0.15) is 0 Å². The lowest BCUT2D eigenvalue weighted by Crippen LogP contribution is -2.33. The highest BCUT2D eigenvalue weighted by Crippen LogP contribution is 2.28. The second kappa shape index (κ2) is 5.94. The average molecular weight is 327 g/mol. The van der Waals surface area contributed by atoms with Crippen LogP contribution in [-0.2, 0) is 19.6 Å². The van der Waals surface area contributed by atoms with Crippen LogP contribution in [0.5, 0.6) is 0 Å². The van der Waals surface area contributed by atoms with Crippen molar-refractivity contribution in [2.75, 3.05) is 11.8 Å². The van der Waals surface area contributed by atoms with E-state index in [4.69, 9.17) is 23.2 Å². The maximum Gasteiger partial charge on any atom is 0.325 e. The van der Waals surface area contributed by atoms with E-state index in [9.17, 15) is 13.2 Å². The van der Waals surface area contributed by atoms with E-state index >= 15 is 0 Å². The minimum atomic E-state index is -3.97. The molecule has 1 heterocycles. The molecule has 1 aromatic rings. The van der Waals surface area contributed by atoms with Crippen LogP contribution in [0.15, 0.2) is 6.07 Å². The number of esters is 1. The Kier molecular flexibility index (Phi) is 5.00. The summed E-state index contributed by atoms with van der Waals surface area (Å²) in [6, 6.07) is 1.45. The fraction of sp³-hybridized carbons (Fsp3) is 0.400. The van der Waals surface area contributed by atoms with Crippen molar-refractivity contribution in [3.8, 4) is 0 Å². The topological polar surface area (TPSA) is 85.4 Å². The molecule has 0 spiro atoms. The zero-order valence-corrected chi connectivity index (χ0v) is 12.7. The van der Waals surface area contributed by atoms with Gasteiger partial charge in [0.05, 0.1) is 12.8 Å². The van der Waals surface area contributed by atoms with Crippen molar-refractivity contribution in [2.45, 2.75) is 19.1 Å². The van der Waals surface area contributed by atoms with Crippen LogP contribution >= 0.6 is 23.2 Å². The highest BCUT2D eigenvalue weighted by atomic mass is 35.5. The van der Waals surface area contributed by atoms with Gasteiger partial charge in [0.25, 0.3) is 0 Å². The third-order valence-corrected chi connectivity index (χ3v) is 4.46. The minimum absolute atomic E-state index is 0.0850. The molecule has 1 aromatic heterocycles. The number of pyridine rings is 1. The van der Waals surface area contributed by atoms with Gasteiger partial charge < -0.3 is 4.74 Å². The summed E-state index contributed by atoms with van der Waals surface area (Å²) in [4.78, 5) is 15.0. The second-order valence-corrected chi connectivity index (χ2v) is 6.49. The summed E-state index contributed by atoms with van der Waals surface area (Å²) in [5, 5.41) is -1.32. The van der Waals surface area contributed by atoms with Gasteiger partial charge in [-0.15, -0.1) is 0 Å². The normalized spacial score (nSPS) is 12.9. The van der Waals surface area contributed by atoms with Crippen LogP contribution in [0.2, 0.25) is 10.3 Å². The molecule has 0 radical (unpaired) electrons. The Labute approximate surface area is 121 Å². The molecule has 1 unspecified atom stereocenters. The van der Waals surface area contributed by atoms with Crippen molar-refractivity contribution in [2.24, 2.45) is 0 Å². The third-order valence-electron chi connectivity index (χ3n) is 2.38. The first-order chi connectivity index (χ1) is 8.69. The van der Waals surface area contributed by atoms with E-state index in [0.717, 1.165) is 7.11 Å². The van der Waals surface area contributed by atoms with Crippen molar-refractivity contribution < 1.29 is 17.9 Å². The summed E-state index contributed by atoms with van der Waals surface area (Å²) in [6.45, 7) is 2.82. The smallest absolute Gasteiger partial charge is 0.325 e. The Balaban J connectivity index is 3.13. The van der Waals surface area contributed by atoms with E-state index in [1.807, 2.05) is 0 Å². The molecule has 0 fully saturated rings. The molecule has 9 heteroatoms. The number of aromatic nitrogens is 1. The SMILES string of the molecule is COC(=O)C(C)S(=O)(=O)Nc1c(C)cc(Cl)nc1Cl. The molecule has 1 rings (SSSR count). The molecule has 0 bridgehead atoms. The average Bonchev–Trinajstić information content (AvgIpc) is 2.31. The number of hydrogen-bond donors (Lipinski definition) is 1. The van der Waals surface area contributed by atoms with Crippen LogP contribution in [0.4, 0.5) is 5.69 Å². The summed E-state index contributed by atoms with van der Waals surface area (Å²) < 4.78 is 30.5. The van der Waals surface area contributed by atoms with Crippen molar-refractivity contribution >= 4 is 44.9 Å². The molecule has 0 aliphatic carbocycles. The highest BCUT2D eigenvalue weighted by molar-refractivity contribution is 7.94. The zero-order chi connectivity index (χ0) is 14.8. The van der Waals surface area contributed by atoms with Crippen LogP contribution in [0.3, 0.4) is 0 Å². The lowest BCUT2D eigenvalue weighted by Gasteiger charge is -2.15. The lowest BCUT2D eigenvalue weighted by molar-refractivity contribution is -0.139. The molecule has 0 amide bonds. The van der Waals surface area contributed by atoms with Crippen LogP contribution < -0.4 is 4.72 Å². The number of nitrogens with zero attached hydrogens (tertiary/aromatic N) is 1. The van der Waals surface area contributed by atoms with Crippen molar-refractivity contribution in [3.63, 3.8) is 0 Å². The van der Waals surface area contributed by atoms with E-state index in [2.05, 4.69) is 14.4 Å². The van der Waals surface area contributed by atoms with Crippen LogP contribution in [0.1, 0.15) is 12.5 Å². The Bertz CT molecular complexity index is 581. The summed E-state index contributed by atoms with van der Waals surface area (Å²) in [5.74, 6) is -0.872. The van der Waals surface area contributed by atoms with E-state index in [1.165, 1.54) is 13.0 Å². The molecule has 0 aliphatic heterocycles. The largest absolute Gasteiger partial charge is 0.468 e. The number of halogens is 2. The van der Waals surface area contributed by atoms with Gasteiger partial charge in [0.15, 0.2) is 10.4 Å². The van der Waals surface area contributed by atoms with Crippen LogP contribution in [0.25, 0.3) is 0 Å². The van der Waals surface area contributed by atoms with E-state index in [0.29, 0.717) is 5.56 Å². The summed E-state index contributed by atoms with van der Waals surface area (Å²) >= 11 is 11.5. The van der Waals surface area contributed by atoms with Gasteiger partial charge >= 0.3 is 5.97 Å². The Morgan fingerprint density at radius 1 is 1.47 bits per heavy atom. The van der Waals surface area contributed by atoms with Gasteiger partial charge in [-0.05, 0) is 25.5 Å². The van der Waals surface area contributed by atoms with Gasteiger partial charge in [-0.3, -0.25) is 9.52 Å². The molecule has 0 aromatic carbocycles. The van der Waals surface area contributed by atoms with Crippen LogP contribution in [0, 0.1) is 6.92 Å². The molecule has 19 heavy (non-hydrogen) atoms. The first-order valence-corrected chi connectivity index (χ1v) is 7.41. The van der Waals surface area contributed by atoms with Gasteiger partial charge in [-0.1, -0.05) is 23.2 Å². The number of sulfonamides is 1.